The normalized spacial score (nSPS) is 15.8. The van der Waals surface area contributed by atoms with Gasteiger partial charge in [-0.3, -0.25) is 9.69 Å². The minimum atomic E-state index is -4.64. The first-order valence-electron chi connectivity index (χ1n) is 13.4. The lowest BCUT2D eigenvalue weighted by Crippen LogP contribution is -2.50. The number of nitriles is 1. The molecule has 1 unspecified atom stereocenters. The molecule has 3 aromatic carbocycles. The summed E-state index contributed by atoms with van der Waals surface area (Å²) in [5.74, 6) is -0.890. The number of esters is 1. The number of carbonyl (C=O) groups excluding carboxylic acids is 3. The molecular weight excluding hydrogens is 559 g/mol. The Morgan fingerprint density at radius 1 is 0.977 bits per heavy atom. The molecule has 4 rings (SSSR count). The molecule has 7 nitrogen and oxygen atoms in total. The molecule has 0 saturated heterocycles. The lowest BCUT2D eigenvalue weighted by molar-refractivity contribution is -0.137. The number of ketones is 1. The fraction of sp³-hybridized carbons (Fsp3) is 0.273. The lowest BCUT2D eigenvalue weighted by atomic mass is 9.89. The summed E-state index contributed by atoms with van der Waals surface area (Å²) in [5.41, 5.74) is 0.577. The summed E-state index contributed by atoms with van der Waals surface area (Å²) in [4.78, 5) is 42.4. The number of ether oxygens (including phenoxy) is 1. The summed E-state index contributed by atoms with van der Waals surface area (Å²) >= 11 is 0. The van der Waals surface area contributed by atoms with E-state index >= 15 is 0 Å². The number of carbonyl (C=O) groups is 3. The van der Waals surface area contributed by atoms with E-state index in [2.05, 4.69) is 0 Å². The Morgan fingerprint density at radius 3 is 2.14 bits per heavy atom. The van der Waals surface area contributed by atoms with Crippen LogP contribution in [0.3, 0.4) is 0 Å². The Bertz CT molecular complexity index is 1630. The van der Waals surface area contributed by atoms with Crippen LogP contribution >= 0.6 is 0 Å². The van der Waals surface area contributed by atoms with Crippen molar-refractivity contribution in [3.05, 3.63) is 112 Å². The first kappa shape index (κ1) is 31.0. The number of benzene rings is 3. The number of nitrogens with zero attached hydrogens (tertiary/aromatic N) is 3. The molecular formula is C33H30F3N3O4. The topological polar surface area (TPSA) is 90.7 Å². The van der Waals surface area contributed by atoms with Crippen molar-refractivity contribution in [2.75, 3.05) is 4.90 Å². The van der Waals surface area contributed by atoms with Crippen LogP contribution < -0.4 is 4.90 Å². The van der Waals surface area contributed by atoms with Gasteiger partial charge in [-0.05, 0) is 88.2 Å². The second-order valence-electron chi connectivity index (χ2n) is 11.2. The standard InChI is InChI=1S/C33H30F3N3O4/c1-20-28(21(2)40)29(24-13-9-22(18-37)10-14-24)38(19-23-11-15-25(16-12-23)30(41)43-32(3,4)5)31(42)39(20)27-8-6-7-26(17-27)33(34,35)36/h6-17,29H,19H2,1-5H3. The zero-order chi connectivity index (χ0) is 31.7. The van der Waals surface area contributed by atoms with Crippen molar-refractivity contribution in [1.82, 2.24) is 4.90 Å². The number of hydrogen-bond donors (Lipinski definition) is 0. The van der Waals surface area contributed by atoms with Gasteiger partial charge in [0.25, 0.3) is 0 Å². The molecule has 10 heteroatoms. The SMILES string of the molecule is CC(=O)C1=C(C)N(c2cccc(C(F)(F)F)c2)C(=O)N(Cc2ccc(C(=O)OC(C)(C)C)cc2)C1c1ccc(C#N)cc1. The first-order chi connectivity index (χ1) is 20.1. The van der Waals surface area contributed by atoms with Crippen LogP contribution in [-0.4, -0.2) is 28.3 Å². The third-order valence-corrected chi connectivity index (χ3v) is 6.86. The molecule has 222 valence electrons. The van der Waals surface area contributed by atoms with Gasteiger partial charge in [0.05, 0.1) is 34.5 Å². The number of allylic oxidation sites excluding steroid dienone is 1. The zero-order valence-electron chi connectivity index (χ0n) is 24.3. The predicted molar refractivity (Wildman–Crippen MR) is 154 cm³/mol. The number of anilines is 1. The molecule has 43 heavy (non-hydrogen) atoms. The number of Topliss-reactive ketones (excluding diaryl/α,β-unsaturated/α-hetero) is 1. The van der Waals surface area contributed by atoms with E-state index in [4.69, 9.17) is 4.74 Å². The van der Waals surface area contributed by atoms with E-state index in [1.165, 1.54) is 30.9 Å². The van der Waals surface area contributed by atoms with Crippen molar-refractivity contribution in [2.45, 2.75) is 59.0 Å². The largest absolute Gasteiger partial charge is 0.456 e. The van der Waals surface area contributed by atoms with Crippen molar-refractivity contribution in [2.24, 2.45) is 0 Å². The maximum Gasteiger partial charge on any atom is 0.416 e. The van der Waals surface area contributed by atoms with Crippen LogP contribution in [0.15, 0.2) is 84.1 Å². The smallest absolute Gasteiger partial charge is 0.416 e. The van der Waals surface area contributed by atoms with Crippen molar-refractivity contribution >= 4 is 23.5 Å². The zero-order valence-corrected chi connectivity index (χ0v) is 24.3. The van der Waals surface area contributed by atoms with E-state index in [0.717, 1.165) is 17.0 Å². The number of halogens is 3. The van der Waals surface area contributed by atoms with Crippen molar-refractivity contribution in [3.63, 3.8) is 0 Å². The summed E-state index contributed by atoms with van der Waals surface area (Å²) in [6, 6.07) is 17.7. The van der Waals surface area contributed by atoms with Crippen LogP contribution in [0, 0.1) is 11.3 Å². The molecule has 2 amide bonds. The molecule has 3 aromatic rings. The molecule has 0 spiro atoms. The molecule has 0 aliphatic carbocycles. The van der Waals surface area contributed by atoms with Crippen molar-refractivity contribution in [3.8, 4) is 6.07 Å². The van der Waals surface area contributed by atoms with Gasteiger partial charge >= 0.3 is 18.2 Å². The maximum absolute atomic E-state index is 14.2. The van der Waals surface area contributed by atoms with E-state index in [0.29, 0.717) is 22.3 Å². The molecule has 1 aliphatic heterocycles. The quantitative estimate of drug-likeness (QED) is 0.277. The average molecular weight is 590 g/mol. The number of alkyl halides is 3. The van der Waals surface area contributed by atoms with Gasteiger partial charge in [-0.1, -0.05) is 30.3 Å². The highest BCUT2D eigenvalue weighted by Gasteiger charge is 2.42. The molecule has 0 aromatic heterocycles. The average Bonchev–Trinajstić information content (AvgIpc) is 2.93. The number of rotatable bonds is 6. The lowest BCUT2D eigenvalue weighted by Gasteiger charge is -2.43. The van der Waals surface area contributed by atoms with Gasteiger partial charge in [0.1, 0.15) is 5.60 Å². The summed E-state index contributed by atoms with van der Waals surface area (Å²) in [6.07, 6.45) is -4.64. The number of urea groups is 1. The van der Waals surface area contributed by atoms with Gasteiger partial charge in [0.2, 0.25) is 0 Å². The van der Waals surface area contributed by atoms with Gasteiger partial charge < -0.3 is 9.64 Å². The summed E-state index contributed by atoms with van der Waals surface area (Å²) < 4.78 is 46.2. The van der Waals surface area contributed by atoms with Crippen molar-refractivity contribution < 1.29 is 32.3 Å². The van der Waals surface area contributed by atoms with E-state index in [1.807, 2.05) is 6.07 Å². The maximum atomic E-state index is 14.2. The Kier molecular flexibility index (Phi) is 8.49. The molecule has 1 heterocycles. The van der Waals surface area contributed by atoms with E-state index in [9.17, 15) is 32.8 Å². The Balaban J connectivity index is 1.83. The summed E-state index contributed by atoms with van der Waals surface area (Å²) in [6.45, 7) is 8.08. The van der Waals surface area contributed by atoms with Gasteiger partial charge in [-0.25, -0.2) is 9.59 Å². The minimum absolute atomic E-state index is 0.0420. The summed E-state index contributed by atoms with van der Waals surface area (Å²) in [5, 5.41) is 9.28. The Labute approximate surface area is 247 Å². The number of amides is 2. The van der Waals surface area contributed by atoms with Crippen LogP contribution in [0.4, 0.5) is 23.7 Å². The van der Waals surface area contributed by atoms with E-state index in [1.54, 1.807) is 69.3 Å². The molecule has 0 N–H and O–H groups in total. The number of hydrogen-bond acceptors (Lipinski definition) is 5. The second kappa shape index (κ2) is 11.8. The third kappa shape index (κ3) is 6.78. The van der Waals surface area contributed by atoms with Gasteiger partial charge in [-0.15, -0.1) is 0 Å². The van der Waals surface area contributed by atoms with Gasteiger partial charge in [0, 0.05) is 17.8 Å². The summed E-state index contributed by atoms with van der Waals surface area (Å²) in [7, 11) is 0. The Hall–Kier alpha value is -4.91. The molecule has 1 aliphatic rings. The molecule has 0 bridgehead atoms. The molecule has 0 saturated carbocycles. The monoisotopic (exact) mass is 589 g/mol. The van der Waals surface area contributed by atoms with Crippen LogP contribution in [-0.2, 0) is 22.3 Å². The van der Waals surface area contributed by atoms with E-state index in [-0.39, 0.29) is 29.3 Å². The van der Waals surface area contributed by atoms with Crippen LogP contribution in [0.2, 0.25) is 0 Å². The molecule has 1 atom stereocenters. The second-order valence-corrected chi connectivity index (χ2v) is 11.2. The predicted octanol–water partition coefficient (Wildman–Crippen LogP) is 7.58. The third-order valence-electron chi connectivity index (χ3n) is 6.86. The van der Waals surface area contributed by atoms with Crippen LogP contribution in [0.5, 0.6) is 0 Å². The highest BCUT2D eigenvalue weighted by Crippen LogP contribution is 2.41. The molecule has 0 fully saturated rings. The van der Waals surface area contributed by atoms with Gasteiger partial charge in [-0.2, -0.15) is 18.4 Å². The first-order valence-corrected chi connectivity index (χ1v) is 13.4. The minimum Gasteiger partial charge on any atom is -0.456 e. The molecule has 0 radical (unpaired) electrons. The van der Waals surface area contributed by atoms with Crippen molar-refractivity contribution in [1.29, 1.82) is 5.26 Å². The van der Waals surface area contributed by atoms with Crippen LogP contribution in [0.1, 0.15) is 73.3 Å². The fourth-order valence-electron chi connectivity index (χ4n) is 4.95. The van der Waals surface area contributed by atoms with E-state index < -0.39 is 35.4 Å². The Morgan fingerprint density at radius 2 is 1.60 bits per heavy atom. The fourth-order valence-corrected chi connectivity index (χ4v) is 4.95. The highest BCUT2D eigenvalue weighted by molar-refractivity contribution is 6.05. The highest BCUT2D eigenvalue weighted by atomic mass is 19.4. The van der Waals surface area contributed by atoms with Crippen LogP contribution in [0.25, 0.3) is 0 Å². The van der Waals surface area contributed by atoms with Gasteiger partial charge in [0.15, 0.2) is 5.78 Å².